The van der Waals surface area contributed by atoms with Gasteiger partial charge in [0.25, 0.3) is 5.91 Å². The highest BCUT2D eigenvalue weighted by molar-refractivity contribution is 6.00. The maximum Gasteiger partial charge on any atom is 0.326 e. The summed E-state index contributed by atoms with van der Waals surface area (Å²) < 4.78 is 5.18. The van der Waals surface area contributed by atoms with Crippen molar-refractivity contribution < 1.29 is 19.4 Å². The maximum atomic E-state index is 12.7. The number of pyridine rings is 1. The number of rotatable bonds is 3. The lowest BCUT2D eigenvalue weighted by Crippen LogP contribution is -2.40. The first-order valence-electron chi connectivity index (χ1n) is 7.50. The number of carboxylic acid groups (broad SMARTS) is 1. The van der Waals surface area contributed by atoms with E-state index in [9.17, 15) is 14.7 Å². The quantitative estimate of drug-likeness (QED) is 0.940. The fourth-order valence-corrected chi connectivity index (χ4v) is 3.01. The number of hydrogen-bond acceptors (Lipinski definition) is 4. The van der Waals surface area contributed by atoms with E-state index in [0.29, 0.717) is 36.4 Å². The summed E-state index contributed by atoms with van der Waals surface area (Å²) in [6.07, 6.45) is 1.21. The van der Waals surface area contributed by atoms with Gasteiger partial charge in [-0.15, -0.1) is 0 Å². The van der Waals surface area contributed by atoms with E-state index >= 15 is 0 Å². The number of aliphatic carboxylic acids is 1. The van der Waals surface area contributed by atoms with Crippen molar-refractivity contribution in [3.8, 4) is 5.75 Å². The van der Waals surface area contributed by atoms with Crippen LogP contribution in [0.4, 0.5) is 0 Å². The number of nitrogens with zero attached hydrogens (tertiary/aromatic N) is 2. The van der Waals surface area contributed by atoms with Gasteiger partial charge in [-0.3, -0.25) is 9.78 Å². The second-order valence-electron chi connectivity index (χ2n) is 5.67. The van der Waals surface area contributed by atoms with Gasteiger partial charge in [-0.1, -0.05) is 0 Å². The molecule has 0 unspecified atom stereocenters. The van der Waals surface area contributed by atoms with Crippen LogP contribution in [0, 0.1) is 6.92 Å². The molecule has 0 aliphatic carbocycles. The highest BCUT2D eigenvalue weighted by Gasteiger charge is 2.35. The molecule has 120 valence electrons. The highest BCUT2D eigenvalue weighted by atomic mass is 16.5. The summed E-state index contributed by atoms with van der Waals surface area (Å²) in [4.78, 5) is 29.9. The zero-order chi connectivity index (χ0) is 16.6. The van der Waals surface area contributed by atoms with E-state index in [4.69, 9.17) is 4.74 Å². The number of likely N-dealkylation sites (tertiary alicyclic amines) is 1. The first-order chi connectivity index (χ1) is 11.0. The molecule has 1 atom stereocenters. The molecule has 1 aromatic carbocycles. The molecule has 1 aromatic heterocycles. The van der Waals surface area contributed by atoms with Gasteiger partial charge in [0.2, 0.25) is 0 Å². The second kappa shape index (κ2) is 5.87. The Labute approximate surface area is 133 Å². The van der Waals surface area contributed by atoms with Crippen molar-refractivity contribution in [2.45, 2.75) is 25.8 Å². The third-order valence-electron chi connectivity index (χ3n) is 4.24. The average molecular weight is 314 g/mol. The molecule has 23 heavy (non-hydrogen) atoms. The van der Waals surface area contributed by atoms with E-state index in [1.54, 1.807) is 20.1 Å². The zero-order valence-electron chi connectivity index (χ0n) is 13.1. The van der Waals surface area contributed by atoms with E-state index < -0.39 is 12.0 Å². The lowest BCUT2D eigenvalue weighted by Gasteiger charge is -2.22. The number of methoxy groups -OCH3 is 1. The van der Waals surface area contributed by atoms with Gasteiger partial charge in [0.05, 0.1) is 23.9 Å². The van der Waals surface area contributed by atoms with Crippen molar-refractivity contribution in [3.63, 3.8) is 0 Å². The van der Waals surface area contributed by atoms with Crippen LogP contribution in [0.15, 0.2) is 24.3 Å². The summed E-state index contributed by atoms with van der Waals surface area (Å²) in [5, 5.41) is 10.1. The number of carbonyl (C=O) groups excluding carboxylic acids is 1. The Morgan fingerprint density at radius 3 is 2.83 bits per heavy atom. The molecule has 6 nitrogen and oxygen atoms in total. The molecule has 6 heteroatoms. The standard InChI is InChI=1S/C17H18N2O4/c1-10-13(16(20)19-7-3-4-15(19)17(21)22)8-11-5-6-12(23-2)9-14(11)18-10/h5-6,8-9,15H,3-4,7H2,1-2H3,(H,21,22)/t15-/m1/s1. The molecular weight excluding hydrogens is 296 g/mol. The van der Waals surface area contributed by atoms with Gasteiger partial charge in [0, 0.05) is 18.0 Å². The van der Waals surface area contributed by atoms with Crippen LogP contribution in [-0.4, -0.2) is 46.6 Å². The molecule has 2 aromatic rings. The van der Waals surface area contributed by atoms with Gasteiger partial charge in [-0.2, -0.15) is 0 Å². The second-order valence-corrected chi connectivity index (χ2v) is 5.67. The zero-order valence-corrected chi connectivity index (χ0v) is 13.1. The minimum absolute atomic E-state index is 0.266. The molecule has 0 spiro atoms. The molecular formula is C17H18N2O4. The summed E-state index contributed by atoms with van der Waals surface area (Å²) in [5.74, 6) is -0.515. The van der Waals surface area contributed by atoms with Crippen molar-refractivity contribution in [2.75, 3.05) is 13.7 Å². The molecule has 0 saturated carbocycles. The highest BCUT2D eigenvalue weighted by Crippen LogP contribution is 2.25. The van der Waals surface area contributed by atoms with E-state index in [0.717, 1.165) is 10.9 Å². The first-order valence-corrected chi connectivity index (χ1v) is 7.50. The largest absolute Gasteiger partial charge is 0.497 e. The normalized spacial score (nSPS) is 17.5. The third kappa shape index (κ3) is 2.72. The topological polar surface area (TPSA) is 79.7 Å². The molecule has 0 bridgehead atoms. The van der Waals surface area contributed by atoms with Gasteiger partial charge in [0.15, 0.2) is 0 Å². The van der Waals surface area contributed by atoms with E-state index in [2.05, 4.69) is 4.98 Å². The van der Waals surface area contributed by atoms with Gasteiger partial charge < -0.3 is 14.7 Å². The molecule has 1 saturated heterocycles. The predicted octanol–water partition coefficient (Wildman–Crippen LogP) is 2.24. The van der Waals surface area contributed by atoms with Crippen LogP contribution in [0.1, 0.15) is 28.9 Å². The Kier molecular flexibility index (Phi) is 3.90. The molecule has 1 N–H and O–H groups in total. The summed E-state index contributed by atoms with van der Waals surface area (Å²) in [5.41, 5.74) is 1.79. The molecule has 2 heterocycles. The van der Waals surface area contributed by atoms with Crippen molar-refractivity contribution in [1.82, 2.24) is 9.88 Å². The van der Waals surface area contributed by atoms with Gasteiger partial charge >= 0.3 is 5.97 Å². The maximum absolute atomic E-state index is 12.7. The van der Waals surface area contributed by atoms with Crippen LogP contribution in [0.25, 0.3) is 10.9 Å². The molecule has 3 rings (SSSR count). The van der Waals surface area contributed by atoms with Gasteiger partial charge in [0.1, 0.15) is 11.8 Å². The number of benzene rings is 1. The molecule has 1 amide bonds. The summed E-state index contributed by atoms with van der Waals surface area (Å²) in [7, 11) is 1.59. The number of carboxylic acids is 1. The van der Waals surface area contributed by atoms with Crippen LogP contribution in [0.2, 0.25) is 0 Å². The summed E-state index contributed by atoms with van der Waals surface area (Å²) in [6, 6.07) is 6.50. The summed E-state index contributed by atoms with van der Waals surface area (Å²) >= 11 is 0. The number of hydrogen-bond donors (Lipinski definition) is 1. The minimum atomic E-state index is -0.952. The van der Waals surface area contributed by atoms with Crippen LogP contribution in [0.5, 0.6) is 5.75 Å². The molecule has 1 aliphatic rings. The molecule has 1 aliphatic heterocycles. The van der Waals surface area contributed by atoms with Crippen LogP contribution < -0.4 is 4.74 Å². The minimum Gasteiger partial charge on any atom is -0.497 e. The van der Waals surface area contributed by atoms with Crippen molar-refractivity contribution >= 4 is 22.8 Å². The lowest BCUT2D eigenvalue weighted by molar-refractivity contribution is -0.141. The van der Waals surface area contributed by atoms with E-state index in [1.165, 1.54) is 4.90 Å². The van der Waals surface area contributed by atoms with E-state index in [-0.39, 0.29) is 5.91 Å². The Bertz CT molecular complexity index is 788. The van der Waals surface area contributed by atoms with Crippen molar-refractivity contribution in [3.05, 3.63) is 35.5 Å². The monoisotopic (exact) mass is 314 g/mol. The van der Waals surface area contributed by atoms with Crippen LogP contribution in [-0.2, 0) is 4.79 Å². The number of aromatic nitrogens is 1. The Hall–Kier alpha value is -2.63. The molecule has 0 radical (unpaired) electrons. The van der Waals surface area contributed by atoms with Crippen molar-refractivity contribution in [2.24, 2.45) is 0 Å². The smallest absolute Gasteiger partial charge is 0.326 e. The number of aryl methyl sites for hydroxylation is 1. The lowest BCUT2D eigenvalue weighted by atomic mass is 10.1. The fourth-order valence-electron chi connectivity index (χ4n) is 3.01. The Morgan fingerprint density at radius 1 is 1.35 bits per heavy atom. The van der Waals surface area contributed by atoms with Crippen LogP contribution in [0.3, 0.4) is 0 Å². The number of carbonyl (C=O) groups is 2. The predicted molar refractivity (Wildman–Crippen MR) is 84.7 cm³/mol. The number of fused-ring (bicyclic) bond motifs is 1. The van der Waals surface area contributed by atoms with E-state index in [1.807, 2.05) is 18.2 Å². The third-order valence-corrected chi connectivity index (χ3v) is 4.24. The Morgan fingerprint density at radius 2 is 2.13 bits per heavy atom. The first kappa shape index (κ1) is 15.3. The molecule has 1 fully saturated rings. The van der Waals surface area contributed by atoms with Crippen molar-refractivity contribution in [1.29, 1.82) is 0 Å². The average Bonchev–Trinajstić information content (AvgIpc) is 3.02. The number of amides is 1. The van der Waals surface area contributed by atoms with Crippen LogP contribution >= 0.6 is 0 Å². The summed E-state index contributed by atoms with van der Waals surface area (Å²) in [6.45, 7) is 2.23. The Balaban J connectivity index is 2.00. The van der Waals surface area contributed by atoms with Gasteiger partial charge in [-0.05, 0) is 38.0 Å². The SMILES string of the molecule is COc1ccc2cc(C(=O)N3CCC[C@@H]3C(=O)O)c(C)nc2c1. The van der Waals surface area contributed by atoms with Gasteiger partial charge in [-0.25, -0.2) is 4.79 Å². The number of ether oxygens (including phenoxy) is 1. The fraction of sp³-hybridized carbons (Fsp3) is 0.353.